The summed E-state index contributed by atoms with van der Waals surface area (Å²) in [4.78, 5) is 13.4. The Hall–Kier alpha value is -3.49. The predicted octanol–water partition coefficient (Wildman–Crippen LogP) is 5.89. The zero-order chi connectivity index (χ0) is 23.8. The lowest BCUT2D eigenvalue weighted by molar-refractivity contribution is 0.104. The molecule has 0 bridgehead atoms. The molecule has 1 aromatic heterocycles. The molecule has 0 spiro atoms. The van der Waals surface area contributed by atoms with Gasteiger partial charge in [0, 0.05) is 11.3 Å². The van der Waals surface area contributed by atoms with Gasteiger partial charge in [0.2, 0.25) is 15.6 Å². The Balaban J connectivity index is 1.89. The minimum Gasteiger partial charge on any atom is -0.396 e. The van der Waals surface area contributed by atoms with Crippen molar-refractivity contribution in [2.24, 2.45) is 0 Å². The quantitative estimate of drug-likeness (QED) is 0.336. The van der Waals surface area contributed by atoms with Crippen molar-refractivity contribution in [1.29, 1.82) is 0 Å². The highest BCUT2D eigenvalue weighted by Crippen LogP contribution is 2.44. The molecule has 33 heavy (non-hydrogen) atoms. The minimum absolute atomic E-state index is 0.0576. The third-order valence-corrected chi connectivity index (χ3v) is 8.26. The Kier molecular flexibility index (Phi) is 6.05. The standard InChI is InChI=1S/C25H21FN2O3S2/c1-15-8-13-20(16(2)14-15)22(29)23-21(27)24(33(30,31)19-6-4-3-5-7-19)25(32-23)28-18-11-9-17(26)10-12-18/h3-14,28H,27H2,1-2H3. The summed E-state index contributed by atoms with van der Waals surface area (Å²) >= 11 is 0.964. The van der Waals surface area contributed by atoms with Crippen LogP contribution in [0.5, 0.6) is 0 Å². The second-order valence-electron chi connectivity index (χ2n) is 7.60. The molecule has 5 nitrogen and oxygen atoms in total. The van der Waals surface area contributed by atoms with E-state index in [-0.39, 0.29) is 31.1 Å². The van der Waals surface area contributed by atoms with Crippen molar-refractivity contribution in [2.45, 2.75) is 23.6 Å². The number of nitrogens with one attached hydrogen (secondary N) is 1. The second-order valence-corrected chi connectivity index (χ2v) is 10.5. The zero-order valence-electron chi connectivity index (χ0n) is 17.9. The van der Waals surface area contributed by atoms with E-state index in [2.05, 4.69) is 5.32 Å². The summed E-state index contributed by atoms with van der Waals surface area (Å²) in [6, 6.07) is 18.8. The molecule has 0 aliphatic heterocycles. The fraction of sp³-hybridized carbons (Fsp3) is 0.0800. The van der Waals surface area contributed by atoms with Crippen LogP contribution in [0.25, 0.3) is 0 Å². The van der Waals surface area contributed by atoms with Gasteiger partial charge in [-0.25, -0.2) is 12.8 Å². The van der Waals surface area contributed by atoms with Crippen molar-refractivity contribution >= 4 is 43.3 Å². The number of rotatable bonds is 6. The molecule has 0 fully saturated rings. The molecule has 3 N–H and O–H groups in total. The summed E-state index contributed by atoms with van der Waals surface area (Å²) in [7, 11) is -4.04. The molecule has 0 radical (unpaired) electrons. The first-order valence-corrected chi connectivity index (χ1v) is 12.4. The van der Waals surface area contributed by atoms with E-state index in [1.165, 1.54) is 36.4 Å². The predicted molar refractivity (Wildman–Crippen MR) is 130 cm³/mol. The summed E-state index contributed by atoms with van der Waals surface area (Å²) in [5.74, 6) is -0.777. The molecule has 0 aliphatic carbocycles. The summed E-state index contributed by atoms with van der Waals surface area (Å²) in [5, 5.41) is 3.20. The molecular weight excluding hydrogens is 459 g/mol. The van der Waals surface area contributed by atoms with E-state index in [1.807, 2.05) is 26.0 Å². The van der Waals surface area contributed by atoms with Crippen molar-refractivity contribution in [3.05, 3.63) is 100 Å². The van der Waals surface area contributed by atoms with E-state index in [4.69, 9.17) is 5.73 Å². The Morgan fingerprint density at radius 3 is 2.27 bits per heavy atom. The van der Waals surface area contributed by atoms with Crippen molar-refractivity contribution < 1.29 is 17.6 Å². The third-order valence-electron chi connectivity index (χ3n) is 5.16. The fourth-order valence-electron chi connectivity index (χ4n) is 3.52. The lowest BCUT2D eigenvalue weighted by atomic mass is 10.0. The summed E-state index contributed by atoms with van der Waals surface area (Å²) in [6.07, 6.45) is 0. The number of hydrogen-bond acceptors (Lipinski definition) is 6. The number of carbonyl (C=O) groups is 1. The number of carbonyl (C=O) groups excluding carboxylic acids is 1. The van der Waals surface area contributed by atoms with Crippen molar-refractivity contribution in [3.8, 4) is 0 Å². The fourth-order valence-corrected chi connectivity index (χ4v) is 6.47. The van der Waals surface area contributed by atoms with E-state index < -0.39 is 15.7 Å². The van der Waals surface area contributed by atoms with Gasteiger partial charge in [0.1, 0.15) is 20.6 Å². The van der Waals surface area contributed by atoms with Crippen molar-refractivity contribution in [1.82, 2.24) is 0 Å². The van der Waals surface area contributed by atoms with Gasteiger partial charge in [-0.2, -0.15) is 0 Å². The van der Waals surface area contributed by atoms with Gasteiger partial charge in [-0.15, -0.1) is 11.3 Å². The highest BCUT2D eigenvalue weighted by atomic mass is 32.2. The van der Waals surface area contributed by atoms with E-state index >= 15 is 0 Å². The molecule has 0 unspecified atom stereocenters. The molecule has 0 amide bonds. The van der Waals surface area contributed by atoms with E-state index in [0.717, 1.165) is 22.5 Å². The molecule has 4 aromatic rings. The van der Waals surface area contributed by atoms with Crippen LogP contribution in [-0.2, 0) is 9.84 Å². The topological polar surface area (TPSA) is 89.3 Å². The van der Waals surface area contributed by atoms with E-state index in [1.54, 1.807) is 24.3 Å². The number of hydrogen-bond donors (Lipinski definition) is 2. The molecule has 0 saturated carbocycles. The summed E-state index contributed by atoms with van der Waals surface area (Å²) in [5.41, 5.74) is 8.92. The molecule has 0 saturated heterocycles. The lowest BCUT2D eigenvalue weighted by Crippen LogP contribution is -2.09. The van der Waals surface area contributed by atoms with Crippen LogP contribution in [0.2, 0.25) is 0 Å². The second kappa shape index (κ2) is 8.80. The van der Waals surface area contributed by atoms with Crippen LogP contribution in [0, 0.1) is 19.7 Å². The maximum atomic E-state index is 13.5. The Morgan fingerprint density at radius 2 is 1.64 bits per heavy atom. The molecule has 1 heterocycles. The summed E-state index contributed by atoms with van der Waals surface area (Å²) < 4.78 is 40.4. The first-order chi connectivity index (χ1) is 15.7. The smallest absolute Gasteiger partial charge is 0.211 e. The average Bonchev–Trinajstić information content (AvgIpc) is 3.12. The molecular formula is C25H21FN2O3S2. The molecule has 168 valence electrons. The number of aryl methyl sites for hydroxylation is 2. The highest BCUT2D eigenvalue weighted by Gasteiger charge is 2.32. The van der Waals surface area contributed by atoms with Crippen LogP contribution >= 0.6 is 11.3 Å². The van der Waals surface area contributed by atoms with Crippen molar-refractivity contribution in [2.75, 3.05) is 11.1 Å². The highest BCUT2D eigenvalue weighted by molar-refractivity contribution is 7.92. The number of halogens is 1. The number of anilines is 3. The van der Waals surface area contributed by atoms with Crippen LogP contribution in [0.4, 0.5) is 20.8 Å². The maximum absolute atomic E-state index is 13.5. The van der Waals surface area contributed by atoms with E-state index in [0.29, 0.717) is 11.3 Å². The number of nitrogen functional groups attached to an aromatic ring is 1. The first-order valence-electron chi connectivity index (χ1n) is 10.1. The van der Waals surface area contributed by atoms with Gasteiger partial charge < -0.3 is 11.1 Å². The molecule has 0 aliphatic rings. The van der Waals surface area contributed by atoms with Gasteiger partial charge in [-0.3, -0.25) is 4.79 Å². The third kappa shape index (κ3) is 4.40. The maximum Gasteiger partial charge on any atom is 0.211 e. The molecule has 3 aromatic carbocycles. The van der Waals surface area contributed by atoms with Gasteiger partial charge >= 0.3 is 0 Å². The van der Waals surface area contributed by atoms with Crippen LogP contribution in [0.3, 0.4) is 0 Å². The number of nitrogens with two attached hydrogens (primary N) is 1. The van der Waals surface area contributed by atoms with Gasteiger partial charge in [-0.05, 0) is 55.8 Å². The normalized spacial score (nSPS) is 11.4. The van der Waals surface area contributed by atoms with Crippen molar-refractivity contribution in [3.63, 3.8) is 0 Å². The van der Waals surface area contributed by atoms with Crippen LogP contribution in [0.1, 0.15) is 26.4 Å². The van der Waals surface area contributed by atoms with Gasteiger partial charge in [0.15, 0.2) is 0 Å². The zero-order valence-corrected chi connectivity index (χ0v) is 19.6. The average molecular weight is 481 g/mol. The Bertz CT molecular complexity index is 1450. The molecule has 4 rings (SSSR count). The molecule has 0 atom stereocenters. The minimum atomic E-state index is -4.04. The monoisotopic (exact) mass is 480 g/mol. The SMILES string of the molecule is Cc1ccc(C(=O)c2sc(Nc3ccc(F)cc3)c(S(=O)(=O)c3ccccc3)c2N)c(C)c1. The molecule has 8 heteroatoms. The van der Waals surface area contributed by atoms with Crippen LogP contribution in [-0.4, -0.2) is 14.2 Å². The number of thiophene rings is 1. The summed E-state index contributed by atoms with van der Waals surface area (Å²) in [6.45, 7) is 3.75. The largest absolute Gasteiger partial charge is 0.396 e. The van der Waals surface area contributed by atoms with Gasteiger partial charge in [0.25, 0.3) is 0 Å². The Morgan fingerprint density at radius 1 is 0.970 bits per heavy atom. The number of benzene rings is 3. The van der Waals surface area contributed by atoms with Gasteiger partial charge in [0.05, 0.1) is 10.6 Å². The van der Waals surface area contributed by atoms with E-state index in [9.17, 15) is 17.6 Å². The van der Waals surface area contributed by atoms with Gasteiger partial charge in [-0.1, -0.05) is 42.0 Å². The van der Waals surface area contributed by atoms with Crippen LogP contribution < -0.4 is 11.1 Å². The lowest BCUT2D eigenvalue weighted by Gasteiger charge is -2.09. The Labute approximate surface area is 195 Å². The van der Waals surface area contributed by atoms with Crippen LogP contribution in [0.15, 0.2) is 82.6 Å². The number of ketones is 1. The first kappa shape index (κ1) is 22.7. The number of sulfone groups is 1.